The molecule has 2 N–H and O–H groups in total. The number of benzene rings is 2. The second-order valence-electron chi connectivity index (χ2n) is 7.50. The lowest BCUT2D eigenvalue weighted by Crippen LogP contribution is -2.17. The van der Waals surface area contributed by atoms with Crippen LogP contribution >= 0.6 is 0 Å². The molecule has 0 radical (unpaired) electrons. The van der Waals surface area contributed by atoms with Gasteiger partial charge in [0.05, 0.1) is 0 Å². The fourth-order valence-electron chi connectivity index (χ4n) is 3.60. The number of para-hydroxylation sites is 1. The molecule has 0 amide bonds. The van der Waals surface area contributed by atoms with Crippen LogP contribution < -0.4 is 15.5 Å². The van der Waals surface area contributed by atoms with Crippen LogP contribution in [0.25, 0.3) is 0 Å². The van der Waals surface area contributed by atoms with Gasteiger partial charge in [-0.25, -0.2) is 4.98 Å². The number of anilines is 5. The Kier molecular flexibility index (Phi) is 5.42. The zero-order chi connectivity index (χ0) is 19.3. The zero-order valence-corrected chi connectivity index (χ0v) is 16.5. The molecule has 2 aromatic carbocycles. The predicted molar refractivity (Wildman–Crippen MR) is 117 cm³/mol. The van der Waals surface area contributed by atoms with E-state index >= 15 is 0 Å². The number of hydrogen-bond donors (Lipinski definition) is 2. The number of nitrogens with one attached hydrogen (secondary N) is 2. The molecule has 1 fully saturated rings. The molecule has 1 aliphatic heterocycles. The van der Waals surface area contributed by atoms with Crippen molar-refractivity contribution in [3.8, 4) is 0 Å². The van der Waals surface area contributed by atoms with Crippen LogP contribution in [-0.4, -0.2) is 23.1 Å². The first-order valence-electron chi connectivity index (χ1n) is 10.00. The molecule has 1 aliphatic rings. The molecule has 0 atom stereocenters. The second kappa shape index (κ2) is 8.30. The van der Waals surface area contributed by atoms with Crippen LogP contribution in [0.15, 0.2) is 60.8 Å². The van der Waals surface area contributed by atoms with E-state index in [1.165, 1.54) is 24.1 Å². The second-order valence-corrected chi connectivity index (χ2v) is 7.50. The summed E-state index contributed by atoms with van der Waals surface area (Å²) >= 11 is 0. The fourth-order valence-corrected chi connectivity index (χ4v) is 3.60. The topological polar surface area (TPSA) is 53.1 Å². The molecule has 1 saturated heterocycles. The highest BCUT2D eigenvalue weighted by Gasteiger charge is 2.12. The third-order valence-corrected chi connectivity index (χ3v) is 5.10. The van der Waals surface area contributed by atoms with Crippen molar-refractivity contribution < 1.29 is 0 Å². The van der Waals surface area contributed by atoms with Crippen molar-refractivity contribution in [3.05, 3.63) is 66.4 Å². The Morgan fingerprint density at radius 3 is 2.39 bits per heavy atom. The van der Waals surface area contributed by atoms with Gasteiger partial charge >= 0.3 is 0 Å². The molecule has 2 heterocycles. The van der Waals surface area contributed by atoms with Gasteiger partial charge < -0.3 is 15.5 Å². The van der Waals surface area contributed by atoms with Crippen molar-refractivity contribution in [1.82, 2.24) is 9.97 Å². The molecular weight excluding hydrogens is 346 g/mol. The van der Waals surface area contributed by atoms with Crippen LogP contribution in [0.1, 0.15) is 38.2 Å². The Bertz CT molecular complexity index is 914. The van der Waals surface area contributed by atoms with E-state index in [4.69, 9.17) is 0 Å². The zero-order valence-electron chi connectivity index (χ0n) is 16.5. The maximum Gasteiger partial charge on any atom is 0.229 e. The molecule has 28 heavy (non-hydrogen) atoms. The molecule has 1 aromatic heterocycles. The Labute approximate surface area is 166 Å². The normalized spacial score (nSPS) is 13.8. The summed E-state index contributed by atoms with van der Waals surface area (Å²) in [5.41, 5.74) is 4.61. The third kappa shape index (κ3) is 4.25. The van der Waals surface area contributed by atoms with Gasteiger partial charge in [-0.1, -0.05) is 32.0 Å². The third-order valence-electron chi connectivity index (χ3n) is 5.10. The minimum Gasteiger partial charge on any atom is -0.372 e. The standard InChI is InChI=1S/C23H27N5/c1-17(2)20-7-3-4-8-21(20)26-23-24-14-13-22(27-23)25-18-9-11-19(12-10-18)28-15-5-6-16-28/h3-4,7-14,17H,5-6,15-16H2,1-2H3,(H2,24,25,26,27). The average Bonchev–Trinajstić information content (AvgIpc) is 3.24. The molecule has 4 rings (SSSR count). The lowest BCUT2D eigenvalue weighted by molar-refractivity contribution is 0.868. The summed E-state index contributed by atoms with van der Waals surface area (Å²) in [4.78, 5) is 11.4. The van der Waals surface area contributed by atoms with Crippen molar-refractivity contribution in [2.45, 2.75) is 32.6 Å². The average molecular weight is 374 g/mol. The van der Waals surface area contributed by atoms with E-state index in [0.29, 0.717) is 11.9 Å². The molecule has 0 bridgehead atoms. The van der Waals surface area contributed by atoms with E-state index in [0.717, 1.165) is 30.3 Å². The van der Waals surface area contributed by atoms with Gasteiger partial charge in [0.15, 0.2) is 0 Å². The molecule has 5 nitrogen and oxygen atoms in total. The molecular formula is C23H27N5. The number of hydrogen-bond acceptors (Lipinski definition) is 5. The van der Waals surface area contributed by atoms with Crippen LogP contribution in [0.4, 0.5) is 28.8 Å². The van der Waals surface area contributed by atoms with Crippen molar-refractivity contribution in [3.63, 3.8) is 0 Å². The summed E-state index contributed by atoms with van der Waals surface area (Å²) in [6.45, 7) is 6.69. The summed E-state index contributed by atoms with van der Waals surface area (Å²) in [5.74, 6) is 1.79. The molecule has 0 spiro atoms. The van der Waals surface area contributed by atoms with E-state index in [2.05, 4.69) is 81.8 Å². The number of nitrogens with zero attached hydrogens (tertiary/aromatic N) is 3. The monoisotopic (exact) mass is 373 g/mol. The van der Waals surface area contributed by atoms with Crippen LogP contribution in [0, 0.1) is 0 Å². The highest BCUT2D eigenvalue weighted by molar-refractivity contribution is 5.63. The van der Waals surface area contributed by atoms with Crippen molar-refractivity contribution in [2.24, 2.45) is 0 Å². The summed E-state index contributed by atoms with van der Waals surface area (Å²) < 4.78 is 0. The van der Waals surface area contributed by atoms with Crippen LogP contribution in [-0.2, 0) is 0 Å². The highest BCUT2D eigenvalue weighted by Crippen LogP contribution is 2.27. The van der Waals surface area contributed by atoms with Gasteiger partial charge in [-0.15, -0.1) is 0 Å². The van der Waals surface area contributed by atoms with Gasteiger partial charge in [-0.3, -0.25) is 0 Å². The minimum absolute atomic E-state index is 0.430. The van der Waals surface area contributed by atoms with E-state index in [1.807, 2.05) is 12.1 Å². The molecule has 144 valence electrons. The highest BCUT2D eigenvalue weighted by atomic mass is 15.2. The SMILES string of the molecule is CC(C)c1ccccc1Nc1nccc(Nc2ccc(N3CCCC3)cc2)n1. The first-order valence-corrected chi connectivity index (χ1v) is 10.00. The maximum atomic E-state index is 4.62. The Morgan fingerprint density at radius 1 is 0.893 bits per heavy atom. The predicted octanol–water partition coefficient (Wildman–Crippen LogP) is 5.69. The molecule has 5 heteroatoms. The van der Waals surface area contributed by atoms with Gasteiger partial charge in [-0.2, -0.15) is 4.98 Å². The molecule has 0 saturated carbocycles. The molecule has 3 aromatic rings. The first kappa shape index (κ1) is 18.3. The van der Waals surface area contributed by atoms with Crippen LogP contribution in [0.2, 0.25) is 0 Å². The first-order chi connectivity index (χ1) is 13.7. The minimum atomic E-state index is 0.430. The Morgan fingerprint density at radius 2 is 1.64 bits per heavy atom. The van der Waals surface area contributed by atoms with Crippen molar-refractivity contribution >= 4 is 28.8 Å². The largest absolute Gasteiger partial charge is 0.372 e. The van der Waals surface area contributed by atoms with E-state index in [1.54, 1.807) is 6.20 Å². The maximum absolute atomic E-state index is 4.62. The number of aromatic nitrogens is 2. The van der Waals surface area contributed by atoms with E-state index in [-0.39, 0.29) is 0 Å². The van der Waals surface area contributed by atoms with Gasteiger partial charge in [0, 0.05) is 36.3 Å². The number of rotatable bonds is 6. The molecule has 0 unspecified atom stereocenters. The summed E-state index contributed by atoms with van der Waals surface area (Å²) in [6.07, 6.45) is 4.35. The van der Waals surface area contributed by atoms with Crippen LogP contribution in [0.5, 0.6) is 0 Å². The van der Waals surface area contributed by atoms with Gasteiger partial charge in [0.25, 0.3) is 0 Å². The van der Waals surface area contributed by atoms with Crippen molar-refractivity contribution in [1.29, 1.82) is 0 Å². The lowest BCUT2D eigenvalue weighted by atomic mass is 10.0. The lowest BCUT2D eigenvalue weighted by Gasteiger charge is -2.18. The van der Waals surface area contributed by atoms with Crippen molar-refractivity contribution in [2.75, 3.05) is 28.6 Å². The summed E-state index contributed by atoms with van der Waals surface area (Å²) in [6, 6.07) is 18.7. The van der Waals surface area contributed by atoms with Gasteiger partial charge in [0.2, 0.25) is 5.95 Å². The Hall–Kier alpha value is -3.08. The van der Waals surface area contributed by atoms with Crippen LogP contribution in [0.3, 0.4) is 0 Å². The summed E-state index contributed by atoms with van der Waals surface area (Å²) in [5, 5.41) is 6.73. The fraction of sp³-hybridized carbons (Fsp3) is 0.304. The van der Waals surface area contributed by atoms with E-state index in [9.17, 15) is 0 Å². The quantitative estimate of drug-likeness (QED) is 0.581. The molecule has 0 aliphatic carbocycles. The summed E-state index contributed by atoms with van der Waals surface area (Å²) in [7, 11) is 0. The Balaban J connectivity index is 1.47. The van der Waals surface area contributed by atoms with Gasteiger partial charge in [0.1, 0.15) is 5.82 Å². The van der Waals surface area contributed by atoms with Gasteiger partial charge in [-0.05, 0) is 60.7 Å². The smallest absolute Gasteiger partial charge is 0.229 e. The van der Waals surface area contributed by atoms with E-state index < -0.39 is 0 Å².